The maximum absolute atomic E-state index is 11.9. The van der Waals surface area contributed by atoms with E-state index in [1.807, 2.05) is 54.6 Å². The van der Waals surface area contributed by atoms with E-state index in [4.69, 9.17) is 9.47 Å². The maximum Gasteiger partial charge on any atom is 0.233 e. The van der Waals surface area contributed by atoms with Crippen LogP contribution in [-0.4, -0.2) is 29.9 Å². The van der Waals surface area contributed by atoms with Gasteiger partial charge in [0.15, 0.2) is 0 Å². The molecule has 0 N–H and O–H groups in total. The second-order valence-electron chi connectivity index (χ2n) is 6.01. The van der Waals surface area contributed by atoms with Gasteiger partial charge in [-0.1, -0.05) is 18.2 Å². The summed E-state index contributed by atoms with van der Waals surface area (Å²) in [5.74, 6) is 1.99. The van der Waals surface area contributed by atoms with Crippen molar-refractivity contribution in [2.75, 3.05) is 13.2 Å². The molecule has 4 rings (SSSR count). The number of nitrogens with zero attached hydrogens (tertiary/aromatic N) is 1. The number of para-hydroxylation sites is 1. The molecule has 1 saturated heterocycles. The van der Waals surface area contributed by atoms with E-state index < -0.39 is 0 Å². The molecule has 2 aromatic rings. The van der Waals surface area contributed by atoms with Crippen molar-refractivity contribution in [2.24, 2.45) is 11.8 Å². The van der Waals surface area contributed by atoms with Crippen LogP contribution < -0.4 is 9.47 Å². The molecule has 122 valence electrons. The monoisotopic (exact) mass is 323 g/mol. The maximum atomic E-state index is 11.9. The first-order valence-electron chi connectivity index (χ1n) is 8.03. The normalized spacial score (nSPS) is 21.6. The lowest BCUT2D eigenvalue weighted by atomic mass is 10.3. The summed E-state index contributed by atoms with van der Waals surface area (Å²) in [5.41, 5.74) is 0. The Morgan fingerprint density at radius 1 is 0.833 bits per heavy atom. The molecule has 0 radical (unpaired) electrons. The average Bonchev–Trinajstić information content (AvgIpc) is 3.36. The third-order valence-electron chi connectivity index (χ3n) is 4.34. The molecule has 5 heteroatoms. The number of rotatable bonds is 6. The summed E-state index contributed by atoms with van der Waals surface area (Å²) < 4.78 is 11.3. The fourth-order valence-corrected chi connectivity index (χ4v) is 2.95. The van der Waals surface area contributed by atoms with Crippen LogP contribution in [0.1, 0.15) is 6.42 Å². The minimum Gasteiger partial charge on any atom is -0.492 e. The summed E-state index contributed by atoms with van der Waals surface area (Å²) in [6.07, 6.45) is 0.734. The van der Waals surface area contributed by atoms with Crippen molar-refractivity contribution in [3.05, 3.63) is 54.6 Å². The average molecular weight is 323 g/mol. The number of hydrogen-bond donors (Lipinski definition) is 0. The Hall–Kier alpha value is -2.82. The van der Waals surface area contributed by atoms with Crippen molar-refractivity contribution in [3.8, 4) is 17.2 Å². The molecule has 1 aliphatic heterocycles. The number of ether oxygens (including phenoxy) is 2. The van der Waals surface area contributed by atoms with E-state index in [2.05, 4.69) is 0 Å². The molecule has 2 atom stereocenters. The van der Waals surface area contributed by atoms with Crippen LogP contribution in [0.5, 0.6) is 17.2 Å². The SMILES string of the molecule is O=C1[C@H]2C[C@H]2C(=O)N1CCOc1ccc(Oc2ccccc2)cc1. The lowest BCUT2D eigenvalue weighted by molar-refractivity contribution is -0.141. The Morgan fingerprint density at radius 3 is 2.08 bits per heavy atom. The van der Waals surface area contributed by atoms with Gasteiger partial charge in [-0.3, -0.25) is 14.5 Å². The highest BCUT2D eigenvalue weighted by Gasteiger charge is 2.58. The number of carbonyl (C=O) groups excluding carboxylic acids is 2. The second kappa shape index (κ2) is 6.00. The zero-order valence-electron chi connectivity index (χ0n) is 13.1. The second-order valence-corrected chi connectivity index (χ2v) is 6.01. The van der Waals surface area contributed by atoms with Crippen LogP contribution in [-0.2, 0) is 9.59 Å². The quantitative estimate of drug-likeness (QED) is 0.767. The molecule has 1 heterocycles. The van der Waals surface area contributed by atoms with Crippen LogP contribution in [0, 0.1) is 11.8 Å². The summed E-state index contributed by atoms with van der Waals surface area (Å²) >= 11 is 0. The van der Waals surface area contributed by atoms with Gasteiger partial charge in [-0.25, -0.2) is 0 Å². The van der Waals surface area contributed by atoms with Crippen molar-refractivity contribution < 1.29 is 19.1 Å². The molecule has 2 aromatic carbocycles. The van der Waals surface area contributed by atoms with Crippen molar-refractivity contribution in [3.63, 3.8) is 0 Å². The molecular formula is C19H17NO4. The fourth-order valence-electron chi connectivity index (χ4n) is 2.95. The molecule has 2 amide bonds. The number of amides is 2. The number of benzene rings is 2. The van der Waals surface area contributed by atoms with E-state index in [1.54, 1.807) is 0 Å². The first kappa shape index (κ1) is 14.8. The molecule has 0 unspecified atom stereocenters. The van der Waals surface area contributed by atoms with E-state index in [9.17, 15) is 9.59 Å². The van der Waals surface area contributed by atoms with Gasteiger partial charge in [-0.05, 0) is 42.8 Å². The summed E-state index contributed by atoms with van der Waals surface area (Å²) in [6, 6.07) is 16.8. The van der Waals surface area contributed by atoms with Crippen LogP contribution >= 0.6 is 0 Å². The number of likely N-dealkylation sites (tertiary alicyclic amines) is 1. The Morgan fingerprint density at radius 2 is 1.42 bits per heavy atom. The van der Waals surface area contributed by atoms with Crippen LogP contribution in [0.2, 0.25) is 0 Å². The predicted molar refractivity (Wildman–Crippen MR) is 86.8 cm³/mol. The fraction of sp³-hybridized carbons (Fsp3) is 0.263. The van der Waals surface area contributed by atoms with E-state index in [1.165, 1.54) is 4.90 Å². The van der Waals surface area contributed by atoms with Gasteiger partial charge in [-0.2, -0.15) is 0 Å². The van der Waals surface area contributed by atoms with Gasteiger partial charge in [0.25, 0.3) is 0 Å². The standard InChI is InChI=1S/C19H17NO4/c21-18-16-12-17(16)19(22)20(18)10-11-23-13-6-8-15(9-7-13)24-14-4-2-1-3-5-14/h1-9,16-17H,10-12H2/t16-,17+. The topological polar surface area (TPSA) is 55.8 Å². The Labute approximate surface area is 139 Å². The third-order valence-corrected chi connectivity index (χ3v) is 4.34. The highest BCUT2D eigenvalue weighted by molar-refractivity contribution is 6.08. The molecule has 1 saturated carbocycles. The van der Waals surface area contributed by atoms with Gasteiger partial charge >= 0.3 is 0 Å². The Balaban J connectivity index is 1.28. The lowest BCUT2D eigenvalue weighted by Gasteiger charge is -2.16. The zero-order valence-corrected chi connectivity index (χ0v) is 13.1. The number of carbonyl (C=O) groups is 2. The molecule has 5 nitrogen and oxygen atoms in total. The van der Waals surface area contributed by atoms with Gasteiger partial charge in [0.2, 0.25) is 11.8 Å². The summed E-state index contributed by atoms with van der Waals surface area (Å²) in [6.45, 7) is 0.614. The summed E-state index contributed by atoms with van der Waals surface area (Å²) in [7, 11) is 0. The van der Waals surface area contributed by atoms with Crippen molar-refractivity contribution in [1.29, 1.82) is 0 Å². The lowest BCUT2D eigenvalue weighted by Crippen LogP contribution is -2.36. The largest absolute Gasteiger partial charge is 0.492 e. The highest BCUT2D eigenvalue weighted by atomic mass is 16.5. The van der Waals surface area contributed by atoms with E-state index >= 15 is 0 Å². The number of fused-ring (bicyclic) bond motifs is 1. The Bertz CT molecular complexity index is 737. The summed E-state index contributed by atoms with van der Waals surface area (Å²) in [5, 5.41) is 0. The number of piperidine rings is 1. The van der Waals surface area contributed by atoms with Gasteiger partial charge in [0.1, 0.15) is 23.9 Å². The molecule has 2 aliphatic rings. The van der Waals surface area contributed by atoms with E-state index in [-0.39, 0.29) is 23.7 Å². The van der Waals surface area contributed by atoms with E-state index in [0.29, 0.717) is 18.9 Å². The minimum atomic E-state index is -0.0491. The van der Waals surface area contributed by atoms with Crippen molar-refractivity contribution in [2.45, 2.75) is 6.42 Å². The molecule has 0 spiro atoms. The van der Waals surface area contributed by atoms with Crippen molar-refractivity contribution >= 4 is 11.8 Å². The van der Waals surface area contributed by atoms with Gasteiger partial charge in [0, 0.05) is 0 Å². The highest BCUT2D eigenvalue weighted by Crippen LogP contribution is 2.46. The molecule has 2 fully saturated rings. The van der Waals surface area contributed by atoms with Crippen molar-refractivity contribution in [1.82, 2.24) is 4.90 Å². The molecule has 1 aliphatic carbocycles. The van der Waals surface area contributed by atoms with Crippen LogP contribution in [0.4, 0.5) is 0 Å². The zero-order chi connectivity index (χ0) is 16.5. The molecule has 24 heavy (non-hydrogen) atoms. The number of imide groups is 1. The summed E-state index contributed by atoms with van der Waals surface area (Å²) in [4.78, 5) is 25.0. The Kier molecular flexibility index (Phi) is 3.69. The minimum absolute atomic E-state index is 0.0415. The molecular weight excluding hydrogens is 306 g/mol. The van der Waals surface area contributed by atoms with Crippen LogP contribution in [0.25, 0.3) is 0 Å². The number of hydrogen-bond acceptors (Lipinski definition) is 4. The smallest absolute Gasteiger partial charge is 0.233 e. The van der Waals surface area contributed by atoms with Crippen LogP contribution in [0.3, 0.4) is 0 Å². The van der Waals surface area contributed by atoms with Gasteiger partial charge in [0.05, 0.1) is 18.4 Å². The molecule has 0 aromatic heterocycles. The van der Waals surface area contributed by atoms with Gasteiger partial charge in [-0.15, -0.1) is 0 Å². The van der Waals surface area contributed by atoms with Gasteiger partial charge < -0.3 is 9.47 Å². The first-order chi connectivity index (χ1) is 11.7. The van der Waals surface area contributed by atoms with Crippen LogP contribution in [0.15, 0.2) is 54.6 Å². The van der Waals surface area contributed by atoms with E-state index in [0.717, 1.165) is 17.9 Å². The predicted octanol–water partition coefficient (Wildman–Crippen LogP) is 2.86. The molecule has 0 bridgehead atoms. The third kappa shape index (κ3) is 2.85. The first-order valence-corrected chi connectivity index (χ1v) is 8.03.